The molecule has 0 aliphatic rings. The van der Waals surface area contributed by atoms with Gasteiger partial charge >= 0.3 is 0 Å². The molecular formula is C15H16N4. The van der Waals surface area contributed by atoms with Gasteiger partial charge in [-0.2, -0.15) is 5.26 Å². The van der Waals surface area contributed by atoms with Gasteiger partial charge in [-0.1, -0.05) is 26.0 Å². The van der Waals surface area contributed by atoms with Crippen LogP contribution in [0.4, 0.5) is 17.2 Å². The maximum atomic E-state index is 8.76. The Bertz CT molecular complexity index is 609. The number of pyridine rings is 1. The molecule has 0 aliphatic heterocycles. The fourth-order valence-electron chi connectivity index (χ4n) is 1.74. The molecule has 0 aliphatic carbocycles. The van der Waals surface area contributed by atoms with Gasteiger partial charge in [0.25, 0.3) is 0 Å². The Hall–Kier alpha value is -2.54. The number of nitrogens with two attached hydrogens (primary N) is 1. The Labute approximate surface area is 112 Å². The average Bonchev–Trinajstić information content (AvgIpc) is 2.41. The predicted molar refractivity (Wildman–Crippen MR) is 77.2 cm³/mol. The van der Waals surface area contributed by atoms with E-state index < -0.39 is 0 Å². The Morgan fingerprint density at radius 1 is 1.26 bits per heavy atom. The molecule has 4 nitrogen and oxygen atoms in total. The highest BCUT2D eigenvalue weighted by atomic mass is 15.0. The summed E-state index contributed by atoms with van der Waals surface area (Å²) in [5.41, 5.74) is 8.98. The average molecular weight is 252 g/mol. The van der Waals surface area contributed by atoms with Crippen molar-refractivity contribution in [3.8, 4) is 6.07 Å². The summed E-state index contributed by atoms with van der Waals surface area (Å²) in [7, 11) is 0. The van der Waals surface area contributed by atoms with Gasteiger partial charge in [0.15, 0.2) is 5.82 Å². The van der Waals surface area contributed by atoms with Crippen LogP contribution in [-0.2, 0) is 0 Å². The predicted octanol–water partition coefficient (Wildman–Crippen LogP) is 3.40. The topological polar surface area (TPSA) is 74.7 Å². The molecule has 0 saturated heterocycles. The number of nitrogens with one attached hydrogen (secondary N) is 1. The molecule has 0 fully saturated rings. The van der Waals surface area contributed by atoms with Crippen LogP contribution in [-0.4, -0.2) is 4.98 Å². The van der Waals surface area contributed by atoms with Gasteiger partial charge in [0.1, 0.15) is 6.07 Å². The fraction of sp³-hybridized carbons (Fsp3) is 0.200. The van der Waals surface area contributed by atoms with Crippen molar-refractivity contribution in [1.29, 1.82) is 5.26 Å². The van der Waals surface area contributed by atoms with Gasteiger partial charge in [-0.3, -0.25) is 0 Å². The molecule has 0 bridgehead atoms. The van der Waals surface area contributed by atoms with E-state index in [1.807, 2.05) is 18.2 Å². The van der Waals surface area contributed by atoms with Gasteiger partial charge in [-0.25, -0.2) is 4.98 Å². The molecule has 4 heteroatoms. The SMILES string of the molecule is CC(C)c1ccc(Nc2ncc(C#N)cc2N)cc1. The van der Waals surface area contributed by atoms with Crippen LogP contribution in [0.5, 0.6) is 0 Å². The molecule has 19 heavy (non-hydrogen) atoms. The Morgan fingerprint density at radius 3 is 2.47 bits per heavy atom. The molecule has 1 heterocycles. The molecule has 1 aromatic heterocycles. The highest BCUT2D eigenvalue weighted by molar-refractivity contribution is 5.69. The van der Waals surface area contributed by atoms with Gasteiger partial charge in [0.05, 0.1) is 11.3 Å². The molecule has 0 amide bonds. The zero-order valence-electron chi connectivity index (χ0n) is 11.0. The first kappa shape index (κ1) is 12.9. The monoisotopic (exact) mass is 252 g/mol. The van der Waals surface area contributed by atoms with E-state index in [1.54, 1.807) is 6.07 Å². The van der Waals surface area contributed by atoms with Gasteiger partial charge in [-0.15, -0.1) is 0 Å². The summed E-state index contributed by atoms with van der Waals surface area (Å²) in [6.07, 6.45) is 1.50. The van der Waals surface area contributed by atoms with Crippen LogP contribution < -0.4 is 11.1 Å². The number of hydrogen-bond donors (Lipinski definition) is 2. The van der Waals surface area contributed by atoms with Crippen LogP contribution in [0.2, 0.25) is 0 Å². The standard InChI is InChI=1S/C15H16N4/c1-10(2)12-3-5-13(6-4-12)19-15-14(17)7-11(8-16)9-18-15/h3-7,9-10H,17H2,1-2H3,(H,18,19). The van der Waals surface area contributed by atoms with Gasteiger partial charge < -0.3 is 11.1 Å². The first-order valence-corrected chi connectivity index (χ1v) is 6.12. The van der Waals surface area contributed by atoms with Crippen molar-refractivity contribution in [3.05, 3.63) is 47.7 Å². The number of rotatable bonds is 3. The van der Waals surface area contributed by atoms with E-state index in [2.05, 4.69) is 36.3 Å². The van der Waals surface area contributed by atoms with Crippen molar-refractivity contribution < 1.29 is 0 Å². The second kappa shape index (κ2) is 5.40. The van der Waals surface area contributed by atoms with Crippen molar-refractivity contribution in [2.75, 3.05) is 11.1 Å². The maximum Gasteiger partial charge on any atom is 0.153 e. The Kier molecular flexibility index (Phi) is 3.67. The number of nitrogen functional groups attached to an aromatic ring is 1. The van der Waals surface area contributed by atoms with E-state index in [0.717, 1.165) is 5.69 Å². The first-order valence-electron chi connectivity index (χ1n) is 6.12. The molecule has 0 unspecified atom stereocenters. The number of aromatic nitrogens is 1. The Balaban J connectivity index is 2.19. The van der Waals surface area contributed by atoms with Crippen molar-refractivity contribution in [2.45, 2.75) is 19.8 Å². The second-order valence-corrected chi connectivity index (χ2v) is 4.68. The van der Waals surface area contributed by atoms with Gasteiger partial charge in [0, 0.05) is 11.9 Å². The van der Waals surface area contributed by atoms with Crippen molar-refractivity contribution in [3.63, 3.8) is 0 Å². The van der Waals surface area contributed by atoms with Crippen LogP contribution in [0.1, 0.15) is 30.9 Å². The number of anilines is 3. The van der Waals surface area contributed by atoms with Crippen molar-refractivity contribution >= 4 is 17.2 Å². The van der Waals surface area contributed by atoms with Crippen molar-refractivity contribution in [1.82, 2.24) is 4.98 Å². The summed E-state index contributed by atoms with van der Waals surface area (Å²) in [5, 5.41) is 11.9. The molecule has 2 aromatic rings. The second-order valence-electron chi connectivity index (χ2n) is 4.68. The summed E-state index contributed by atoms with van der Waals surface area (Å²) < 4.78 is 0. The molecule has 0 saturated carbocycles. The first-order chi connectivity index (χ1) is 9.10. The smallest absolute Gasteiger partial charge is 0.153 e. The third-order valence-electron chi connectivity index (χ3n) is 2.89. The van der Waals surface area contributed by atoms with Gasteiger partial charge in [0.2, 0.25) is 0 Å². The number of nitriles is 1. The lowest BCUT2D eigenvalue weighted by Gasteiger charge is -2.10. The lowest BCUT2D eigenvalue weighted by atomic mass is 10.0. The summed E-state index contributed by atoms with van der Waals surface area (Å²) in [6.45, 7) is 4.31. The molecule has 3 N–H and O–H groups in total. The highest BCUT2D eigenvalue weighted by Crippen LogP contribution is 2.23. The normalized spacial score (nSPS) is 10.2. The third-order valence-corrected chi connectivity index (χ3v) is 2.89. The van der Waals surface area contributed by atoms with Crippen LogP contribution in [0, 0.1) is 11.3 Å². The zero-order chi connectivity index (χ0) is 13.8. The van der Waals surface area contributed by atoms with E-state index >= 15 is 0 Å². The molecular weight excluding hydrogens is 236 g/mol. The lowest BCUT2D eigenvalue weighted by molar-refractivity contribution is 0.867. The summed E-state index contributed by atoms with van der Waals surface area (Å²) in [4.78, 5) is 4.14. The minimum absolute atomic E-state index is 0.457. The van der Waals surface area contributed by atoms with Gasteiger partial charge in [-0.05, 0) is 29.7 Å². The number of nitrogens with zero attached hydrogens (tertiary/aromatic N) is 2. The van der Waals surface area contributed by atoms with Crippen LogP contribution in [0.15, 0.2) is 36.5 Å². The molecule has 1 aromatic carbocycles. The molecule has 0 atom stereocenters. The Morgan fingerprint density at radius 2 is 1.95 bits per heavy atom. The fourth-order valence-corrected chi connectivity index (χ4v) is 1.74. The minimum Gasteiger partial charge on any atom is -0.396 e. The zero-order valence-corrected chi connectivity index (χ0v) is 11.0. The number of hydrogen-bond acceptors (Lipinski definition) is 4. The van der Waals surface area contributed by atoms with Crippen molar-refractivity contribution in [2.24, 2.45) is 0 Å². The lowest BCUT2D eigenvalue weighted by Crippen LogP contribution is -2.00. The minimum atomic E-state index is 0.457. The molecule has 0 spiro atoms. The molecule has 2 rings (SSSR count). The highest BCUT2D eigenvalue weighted by Gasteiger charge is 2.04. The molecule has 96 valence electrons. The third kappa shape index (κ3) is 3.02. The van der Waals surface area contributed by atoms with E-state index in [1.165, 1.54) is 11.8 Å². The summed E-state index contributed by atoms with van der Waals surface area (Å²) in [5.74, 6) is 1.07. The van der Waals surface area contributed by atoms with E-state index in [-0.39, 0.29) is 0 Å². The van der Waals surface area contributed by atoms with E-state index in [9.17, 15) is 0 Å². The summed E-state index contributed by atoms with van der Waals surface area (Å²) >= 11 is 0. The van der Waals surface area contributed by atoms with Crippen LogP contribution in [0.25, 0.3) is 0 Å². The summed E-state index contributed by atoms with van der Waals surface area (Å²) in [6, 6.07) is 11.8. The number of benzene rings is 1. The van der Waals surface area contributed by atoms with E-state index in [4.69, 9.17) is 11.0 Å². The van der Waals surface area contributed by atoms with Crippen LogP contribution >= 0.6 is 0 Å². The maximum absolute atomic E-state index is 8.76. The quantitative estimate of drug-likeness (QED) is 0.877. The van der Waals surface area contributed by atoms with E-state index in [0.29, 0.717) is 23.0 Å². The van der Waals surface area contributed by atoms with Crippen LogP contribution in [0.3, 0.4) is 0 Å². The largest absolute Gasteiger partial charge is 0.396 e. The molecule has 0 radical (unpaired) electrons.